The van der Waals surface area contributed by atoms with Gasteiger partial charge in [0.05, 0.1) is 0 Å². The number of amides is 3. The number of carbonyl (C=O) groups excluding carboxylic acids is 3. The Bertz CT molecular complexity index is 767. The van der Waals surface area contributed by atoms with Crippen molar-refractivity contribution >= 4 is 17.7 Å². The molecule has 2 saturated heterocycles. The quantitative estimate of drug-likeness (QED) is 0.786. The summed E-state index contributed by atoms with van der Waals surface area (Å²) in [5, 5.41) is 3.24. The molecule has 6 nitrogen and oxygen atoms in total. The molecule has 1 unspecified atom stereocenters. The minimum atomic E-state index is -0.539. The molecule has 6 heteroatoms. The van der Waals surface area contributed by atoms with Crippen molar-refractivity contribution in [2.45, 2.75) is 76.3 Å². The molecule has 3 amide bonds. The second kappa shape index (κ2) is 10.3. The number of likely N-dealkylation sites (tertiary alicyclic amines) is 2. The molecular formula is C25H35N3O3. The summed E-state index contributed by atoms with van der Waals surface area (Å²) < 4.78 is 0. The first-order valence-electron chi connectivity index (χ1n) is 12.1. The predicted molar refractivity (Wildman–Crippen MR) is 119 cm³/mol. The van der Waals surface area contributed by atoms with E-state index in [9.17, 15) is 14.4 Å². The van der Waals surface area contributed by atoms with Gasteiger partial charge in [0.15, 0.2) is 0 Å². The SMILES string of the molecule is O=C(NC1CCN(C(=O)C(c2ccccc2)N2CCCCC2=O)CC1)C1CCCCC1. The highest BCUT2D eigenvalue weighted by Gasteiger charge is 2.36. The molecule has 0 radical (unpaired) electrons. The molecular weight excluding hydrogens is 390 g/mol. The maximum Gasteiger partial charge on any atom is 0.250 e. The van der Waals surface area contributed by atoms with E-state index in [1.54, 1.807) is 4.90 Å². The molecule has 1 N–H and O–H groups in total. The van der Waals surface area contributed by atoms with Gasteiger partial charge in [-0.05, 0) is 44.1 Å². The molecule has 0 aromatic heterocycles. The Morgan fingerprint density at radius 2 is 1.58 bits per heavy atom. The topological polar surface area (TPSA) is 69.7 Å². The lowest BCUT2D eigenvalue weighted by Gasteiger charge is -2.39. The van der Waals surface area contributed by atoms with Crippen LogP contribution in [0.3, 0.4) is 0 Å². The monoisotopic (exact) mass is 425 g/mol. The summed E-state index contributed by atoms with van der Waals surface area (Å²) in [6, 6.07) is 9.29. The third-order valence-corrected chi connectivity index (χ3v) is 7.15. The van der Waals surface area contributed by atoms with Crippen LogP contribution in [0, 0.1) is 5.92 Å². The Kier molecular flexibility index (Phi) is 7.25. The second-order valence-corrected chi connectivity index (χ2v) is 9.30. The van der Waals surface area contributed by atoms with Crippen LogP contribution in [0.15, 0.2) is 30.3 Å². The zero-order valence-electron chi connectivity index (χ0n) is 18.4. The predicted octanol–water partition coefficient (Wildman–Crippen LogP) is 3.43. The van der Waals surface area contributed by atoms with Gasteiger partial charge in [-0.25, -0.2) is 0 Å². The number of hydrogen-bond donors (Lipinski definition) is 1. The lowest BCUT2D eigenvalue weighted by Crippen LogP contribution is -2.52. The van der Waals surface area contributed by atoms with Crippen LogP contribution in [0.25, 0.3) is 0 Å². The highest BCUT2D eigenvalue weighted by atomic mass is 16.2. The molecule has 0 bridgehead atoms. The molecule has 3 aliphatic rings. The molecule has 4 rings (SSSR count). The smallest absolute Gasteiger partial charge is 0.250 e. The molecule has 3 fully saturated rings. The molecule has 1 atom stereocenters. The van der Waals surface area contributed by atoms with Gasteiger partial charge in [-0.3, -0.25) is 14.4 Å². The molecule has 2 heterocycles. The van der Waals surface area contributed by atoms with E-state index in [0.717, 1.165) is 56.9 Å². The minimum Gasteiger partial charge on any atom is -0.353 e. The fraction of sp³-hybridized carbons (Fsp3) is 0.640. The van der Waals surface area contributed by atoms with Crippen molar-refractivity contribution in [1.29, 1.82) is 0 Å². The molecule has 1 saturated carbocycles. The summed E-state index contributed by atoms with van der Waals surface area (Å²) in [7, 11) is 0. The van der Waals surface area contributed by atoms with Gasteiger partial charge in [0, 0.05) is 38.0 Å². The summed E-state index contributed by atoms with van der Waals surface area (Å²) in [6.45, 7) is 1.89. The Balaban J connectivity index is 1.38. The summed E-state index contributed by atoms with van der Waals surface area (Å²) in [5.41, 5.74) is 0.885. The van der Waals surface area contributed by atoms with Gasteiger partial charge < -0.3 is 15.1 Å². The van der Waals surface area contributed by atoms with Crippen molar-refractivity contribution < 1.29 is 14.4 Å². The van der Waals surface area contributed by atoms with Crippen LogP contribution >= 0.6 is 0 Å². The first-order chi connectivity index (χ1) is 15.1. The van der Waals surface area contributed by atoms with Gasteiger partial charge in [0.1, 0.15) is 6.04 Å². The lowest BCUT2D eigenvalue weighted by atomic mass is 9.88. The minimum absolute atomic E-state index is 0.0125. The fourth-order valence-corrected chi connectivity index (χ4v) is 5.29. The Labute approximate surface area is 185 Å². The molecule has 1 aliphatic carbocycles. The van der Waals surface area contributed by atoms with Gasteiger partial charge in [0.2, 0.25) is 17.7 Å². The fourth-order valence-electron chi connectivity index (χ4n) is 5.29. The van der Waals surface area contributed by atoms with Crippen LogP contribution in [0.2, 0.25) is 0 Å². The summed E-state index contributed by atoms with van der Waals surface area (Å²) >= 11 is 0. The van der Waals surface area contributed by atoms with E-state index in [1.165, 1.54) is 6.42 Å². The number of hydrogen-bond acceptors (Lipinski definition) is 3. The van der Waals surface area contributed by atoms with Crippen molar-refractivity contribution in [3.05, 3.63) is 35.9 Å². The van der Waals surface area contributed by atoms with E-state index in [1.807, 2.05) is 35.2 Å². The highest BCUT2D eigenvalue weighted by molar-refractivity contribution is 5.89. The Hall–Kier alpha value is -2.37. The number of piperidine rings is 2. The average Bonchev–Trinajstić information content (AvgIpc) is 2.82. The van der Waals surface area contributed by atoms with Crippen molar-refractivity contribution in [2.24, 2.45) is 5.92 Å². The maximum atomic E-state index is 13.6. The summed E-state index contributed by atoms with van der Waals surface area (Å²) in [4.78, 5) is 42.4. The third-order valence-electron chi connectivity index (χ3n) is 7.15. The van der Waals surface area contributed by atoms with Gasteiger partial charge >= 0.3 is 0 Å². The molecule has 1 aromatic rings. The van der Waals surface area contributed by atoms with Gasteiger partial charge in [-0.2, -0.15) is 0 Å². The van der Waals surface area contributed by atoms with E-state index in [-0.39, 0.29) is 29.7 Å². The van der Waals surface area contributed by atoms with E-state index in [2.05, 4.69) is 5.32 Å². The molecule has 1 aromatic carbocycles. The van der Waals surface area contributed by atoms with E-state index >= 15 is 0 Å². The van der Waals surface area contributed by atoms with Crippen molar-refractivity contribution in [3.8, 4) is 0 Å². The third kappa shape index (κ3) is 5.28. The second-order valence-electron chi connectivity index (χ2n) is 9.30. The molecule has 31 heavy (non-hydrogen) atoms. The number of nitrogens with one attached hydrogen (secondary N) is 1. The Morgan fingerprint density at radius 1 is 0.871 bits per heavy atom. The van der Waals surface area contributed by atoms with Crippen LogP contribution in [0.5, 0.6) is 0 Å². The molecule has 168 valence electrons. The van der Waals surface area contributed by atoms with Crippen LogP contribution < -0.4 is 5.32 Å². The number of nitrogens with zero attached hydrogens (tertiary/aromatic N) is 2. The number of rotatable bonds is 5. The van der Waals surface area contributed by atoms with Crippen LogP contribution in [-0.2, 0) is 14.4 Å². The van der Waals surface area contributed by atoms with Crippen molar-refractivity contribution in [2.75, 3.05) is 19.6 Å². The first kappa shape index (κ1) is 21.8. The standard InChI is InChI=1S/C25H35N3O3/c29-22-13-7-8-16-28(22)23(19-9-3-1-4-10-19)25(31)27-17-14-21(15-18-27)26-24(30)20-11-5-2-6-12-20/h1,3-4,9-10,20-21,23H,2,5-8,11-18H2,(H,26,30). The van der Waals surface area contributed by atoms with Gasteiger partial charge in [-0.15, -0.1) is 0 Å². The lowest BCUT2D eigenvalue weighted by molar-refractivity contribution is -0.148. The maximum absolute atomic E-state index is 13.6. The molecule has 2 aliphatic heterocycles. The van der Waals surface area contributed by atoms with E-state index in [4.69, 9.17) is 0 Å². The van der Waals surface area contributed by atoms with Crippen LogP contribution in [-0.4, -0.2) is 53.2 Å². The first-order valence-corrected chi connectivity index (χ1v) is 12.1. The van der Waals surface area contributed by atoms with Crippen molar-refractivity contribution in [3.63, 3.8) is 0 Å². The largest absolute Gasteiger partial charge is 0.353 e. The van der Waals surface area contributed by atoms with E-state index in [0.29, 0.717) is 26.1 Å². The highest BCUT2D eigenvalue weighted by Crippen LogP contribution is 2.29. The van der Waals surface area contributed by atoms with Crippen molar-refractivity contribution in [1.82, 2.24) is 15.1 Å². The normalized spacial score (nSPS) is 22.3. The summed E-state index contributed by atoms with van der Waals surface area (Å²) in [5.74, 6) is 0.452. The Morgan fingerprint density at radius 3 is 2.26 bits per heavy atom. The average molecular weight is 426 g/mol. The zero-order valence-corrected chi connectivity index (χ0v) is 18.4. The van der Waals surface area contributed by atoms with Gasteiger partial charge in [0.25, 0.3) is 0 Å². The van der Waals surface area contributed by atoms with Crippen LogP contribution in [0.1, 0.15) is 75.8 Å². The number of benzene rings is 1. The van der Waals surface area contributed by atoms with E-state index < -0.39 is 6.04 Å². The summed E-state index contributed by atoms with van der Waals surface area (Å²) in [6.07, 6.45) is 9.48. The molecule has 0 spiro atoms. The zero-order chi connectivity index (χ0) is 21.6. The van der Waals surface area contributed by atoms with Crippen LogP contribution in [0.4, 0.5) is 0 Å². The number of carbonyl (C=O) groups is 3. The van der Waals surface area contributed by atoms with Gasteiger partial charge in [-0.1, -0.05) is 49.6 Å².